The average molecular weight is 417 g/mol. The van der Waals surface area contributed by atoms with Gasteiger partial charge < -0.3 is 23.6 Å². The second kappa shape index (κ2) is 8.50. The summed E-state index contributed by atoms with van der Waals surface area (Å²) in [5.41, 5.74) is 2.15. The zero-order valence-electron chi connectivity index (χ0n) is 16.4. The van der Waals surface area contributed by atoms with Crippen molar-refractivity contribution in [2.75, 3.05) is 30.9 Å². The Bertz CT molecular complexity index is 1130. The van der Waals surface area contributed by atoms with E-state index < -0.39 is 11.3 Å². The summed E-state index contributed by atoms with van der Waals surface area (Å²) >= 11 is -2.40. The molecule has 1 aromatic heterocycles. The Morgan fingerprint density at radius 3 is 2.69 bits per heavy atom. The molecule has 0 aliphatic carbocycles. The molecule has 0 saturated heterocycles. The molecular formula is C19H21N4O5S-. The Balaban J connectivity index is 1.97. The highest BCUT2D eigenvalue weighted by molar-refractivity contribution is 7.80. The number of nitrogens with one attached hydrogen (secondary N) is 2. The third-order valence-corrected chi connectivity index (χ3v) is 4.88. The van der Waals surface area contributed by atoms with Gasteiger partial charge in [-0.1, -0.05) is 12.1 Å². The maximum atomic E-state index is 12.7. The molecule has 0 fully saturated rings. The normalized spacial score (nSPS) is 11.9. The summed E-state index contributed by atoms with van der Waals surface area (Å²) in [5, 5.41) is 0.434. The molecule has 3 aromatic rings. The highest BCUT2D eigenvalue weighted by Gasteiger charge is 2.17. The number of hydrogen-bond acceptors (Lipinski definition) is 7. The number of nitrogens with zero attached hydrogens (tertiary/aromatic N) is 2. The predicted octanol–water partition coefficient (Wildman–Crippen LogP) is 2.09. The van der Waals surface area contributed by atoms with Crippen LogP contribution in [-0.2, 0) is 17.8 Å². The van der Waals surface area contributed by atoms with Gasteiger partial charge in [0.25, 0.3) is 5.56 Å². The third kappa shape index (κ3) is 4.33. The van der Waals surface area contributed by atoms with E-state index in [9.17, 15) is 13.6 Å². The molecular weight excluding hydrogens is 396 g/mol. The molecule has 0 spiro atoms. The number of aryl methyl sites for hydroxylation is 1. The van der Waals surface area contributed by atoms with Crippen molar-refractivity contribution in [3.05, 3.63) is 51.8 Å². The molecule has 154 valence electrons. The van der Waals surface area contributed by atoms with Gasteiger partial charge in [-0.15, -0.1) is 0 Å². The minimum absolute atomic E-state index is 0.285. The second-order valence-corrected chi connectivity index (χ2v) is 7.09. The van der Waals surface area contributed by atoms with Crippen molar-refractivity contribution in [2.45, 2.75) is 13.5 Å². The molecule has 2 N–H and O–H groups in total. The van der Waals surface area contributed by atoms with Crippen LogP contribution in [0.3, 0.4) is 0 Å². The highest BCUT2D eigenvalue weighted by atomic mass is 32.2. The number of rotatable bonds is 7. The van der Waals surface area contributed by atoms with Crippen LogP contribution in [0.1, 0.15) is 11.1 Å². The lowest BCUT2D eigenvalue weighted by Gasteiger charge is -2.20. The van der Waals surface area contributed by atoms with Gasteiger partial charge in [0.15, 0.2) is 11.5 Å². The van der Waals surface area contributed by atoms with E-state index in [2.05, 4.69) is 14.7 Å². The number of aromatic amines is 1. The molecule has 1 atom stereocenters. The first-order valence-corrected chi connectivity index (χ1v) is 9.73. The van der Waals surface area contributed by atoms with Crippen LogP contribution in [0.5, 0.6) is 11.5 Å². The van der Waals surface area contributed by atoms with E-state index in [0.717, 1.165) is 5.56 Å². The summed E-state index contributed by atoms with van der Waals surface area (Å²) in [6.07, 6.45) is 0. The Hall–Kier alpha value is -3.11. The summed E-state index contributed by atoms with van der Waals surface area (Å²) in [6.45, 7) is 2.18. The fourth-order valence-electron chi connectivity index (χ4n) is 3.20. The van der Waals surface area contributed by atoms with Crippen LogP contribution >= 0.6 is 0 Å². The van der Waals surface area contributed by atoms with Crippen LogP contribution in [0.25, 0.3) is 10.9 Å². The highest BCUT2D eigenvalue weighted by Crippen LogP contribution is 2.35. The Kier molecular flexibility index (Phi) is 6.04. The molecule has 0 aliphatic rings. The smallest absolute Gasteiger partial charge is 0.260 e. The van der Waals surface area contributed by atoms with Gasteiger partial charge in [-0.3, -0.25) is 14.0 Å². The monoisotopic (exact) mass is 417 g/mol. The zero-order chi connectivity index (χ0) is 21.1. The number of fused-ring (bicyclic) bond motifs is 1. The van der Waals surface area contributed by atoms with Crippen LogP contribution in [0.4, 0.5) is 11.6 Å². The predicted molar refractivity (Wildman–Crippen MR) is 111 cm³/mol. The first kappa shape index (κ1) is 20.6. The maximum Gasteiger partial charge on any atom is 0.260 e. The molecule has 1 heterocycles. The molecule has 3 rings (SSSR count). The van der Waals surface area contributed by atoms with Crippen LogP contribution < -0.4 is 24.7 Å². The van der Waals surface area contributed by atoms with Crippen molar-refractivity contribution in [1.29, 1.82) is 0 Å². The molecule has 9 nitrogen and oxygen atoms in total. The number of benzene rings is 2. The summed E-state index contributed by atoms with van der Waals surface area (Å²) in [7, 11) is 4.83. The SMILES string of the molecule is COc1cc2nc(N(C)Cc3cccc(NS(=O)[O-])c3)[nH]c(=O)c2c(C)c1OC. The van der Waals surface area contributed by atoms with Gasteiger partial charge in [-0.05, 0) is 24.6 Å². The Morgan fingerprint density at radius 2 is 2.03 bits per heavy atom. The van der Waals surface area contributed by atoms with Crippen LogP contribution in [0.15, 0.2) is 35.1 Å². The Labute approximate surface area is 170 Å². The second-order valence-electron chi connectivity index (χ2n) is 6.41. The third-order valence-electron chi connectivity index (χ3n) is 4.48. The van der Waals surface area contributed by atoms with Gasteiger partial charge >= 0.3 is 0 Å². The molecule has 0 radical (unpaired) electrons. The van der Waals surface area contributed by atoms with Crippen molar-refractivity contribution in [1.82, 2.24) is 9.97 Å². The number of H-pyrrole nitrogens is 1. The average Bonchev–Trinajstić information content (AvgIpc) is 2.66. The van der Waals surface area contributed by atoms with Crippen LogP contribution in [0, 0.1) is 6.92 Å². The quantitative estimate of drug-likeness (QED) is 0.565. The van der Waals surface area contributed by atoms with Gasteiger partial charge in [0.05, 0.1) is 25.1 Å². The number of anilines is 2. The standard InChI is InChI=1S/C19H22N4O5S/c1-11-16-14(9-15(27-3)17(11)28-4)20-19(21-18(16)24)23(2)10-12-6-5-7-13(8-12)22-29(25)26/h5-9,22H,10H2,1-4H3,(H,25,26)(H,20,21,24)/p-1. The van der Waals surface area contributed by atoms with Gasteiger partial charge in [0.2, 0.25) is 5.95 Å². The molecule has 0 aliphatic heterocycles. The topological polar surface area (TPSA) is 120 Å². The molecule has 29 heavy (non-hydrogen) atoms. The van der Waals surface area contributed by atoms with Gasteiger partial charge in [-0.25, -0.2) is 4.98 Å². The van der Waals surface area contributed by atoms with E-state index >= 15 is 0 Å². The first-order chi connectivity index (χ1) is 13.8. The minimum atomic E-state index is -2.40. The van der Waals surface area contributed by atoms with E-state index in [1.807, 2.05) is 6.07 Å². The number of ether oxygens (including phenoxy) is 2. The van der Waals surface area contributed by atoms with Crippen molar-refractivity contribution >= 4 is 33.8 Å². The largest absolute Gasteiger partial charge is 0.755 e. The molecule has 0 bridgehead atoms. The first-order valence-electron chi connectivity index (χ1n) is 8.65. The van der Waals surface area contributed by atoms with Gasteiger partial charge in [0.1, 0.15) is 0 Å². The van der Waals surface area contributed by atoms with E-state index in [1.165, 1.54) is 14.2 Å². The molecule has 0 saturated carbocycles. The van der Waals surface area contributed by atoms with E-state index in [4.69, 9.17) is 9.47 Å². The summed E-state index contributed by atoms with van der Waals surface area (Å²) in [4.78, 5) is 21.9. The van der Waals surface area contributed by atoms with E-state index in [-0.39, 0.29) is 5.56 Å². The van der Waals surface area contributed by atoms with Crippen molar-refractivity contribution in [2.24, 2.45) is 0 Å². The number of hydrogen-bond donors (Lipinski definition) is 2. The molecule has 1 unspecified atom stereocenters. The summed E-state index contributed by atoms with van der Waals surface area (Å²) in [6, 6.07) is 8.63. The van der Waals surface area contributed by atoms with Crippen molar-refractivity contribution in [3.8, 4) is 11.5 Å². The molecule has 0 amide bonds. The fourth-order valence-corrected chi connectivity index (χ4v) is 3.52. The fraction of sp³-hybridized carbons (Fsp3) is 0.263. The van der Waals surface area contributed by atoms with Gasteiger partial charge in [-0.2, -0.15) is 0 Å². The lowest BCUT2D eigenvalue weighted by molar-refractivity contribution is 0.354. The van der Waals surface area contributed by atoms with Crippen LogP contribution in [-0.4, -0.2) is 40.0 Å². The summed E-state index contributed by atoms with van der Waals surface area (Å²) < 4.78 is 34.7. The molecule has 10 heteroatoms. The number of methoxy groups -OCH3 is 2. The maximum absolute atomic E-state index is 12.7. The Morgan fingerprint density at radius 1 is 1.28 bits per heavy atom. The summed E-state index contributed by atoms with van der Waals surface area (Å²) in [5.74, 6) is 1.36. The number of aromatic nitrogens is 2. The minimum Gasteiger partial charge on any atom is -0.755 e. The lowest BCUT2D eigenvalue weighted by Crippen LogP contribution is -2.23. The van der Waals surface area contributed by atoms with Crippen molar-refractivity contribution < 1.29 is 18.2 Å². The van der Waals surface area contributed by atoms with E-state index in [1.54, 1.807) is 43.1 Å². The van der Waals surface area contributed by atoms with Crippen LogP contribution in [0.2, 0.25) is 0 Å². The van der Waals surface area contributed by atoms with Gasteiger partial charge in [0, 0.05) is 42.2 Å². The lowest BCUT2D eigenvalue weighted by atomic mass is 10.1. The zero-order valence-corrected chi connectivity index (χ0v) is 17.3. The van der Waals surface area contributed by atoms with Crippen molar-refractivity contribution in [3.63, 3.8) is 0 Å². The van der Waals surface area contributed by atoms with E-state index in [0.29, 0.717) is 46.1 Å². The molecule has 2 aromatic carbocycles.